The topological polar surface area (TPSA) is 70.4 Å². The third-order valence-electron chi connectivity index (χ3n) is 4.70. The highest BCUT2D eigenvalue weighted by molar-refractivity contribution is 9.10. The van der Waals surface area contributed by atoms with E-state index < -0.39 is 5.97 Å². The molecule has 0 fully saturated rings. The third-order valence-corrected chi connectivity index (χ3v) is 5.33. The standard InChI is InChI=1S/C21H16BrNO3/c22-16-11-12(8-9-18(16)24)10-13-4-3-6-15-19(21(25)26)14-5-1-2-7-17(14)23-20(13)15/h1-2,5,7-11,24H,3-4,6H2,(H,25,26)/b13-10+. The van der Waals surface area contributed by atoms with Crippen molar-refractivity contribution < 1.29 is 15.0 Å². The first kappa shape index (κ1) is 16.8. The summed E-state index contributed by atoms with van der Waals surface area (Å²) in [5.41, 5.74) is 4.61. The summed E-state index contributed by atoms with van der Waals surface area (Å²) in [6.45, 7) is 0. The Morgan fingerprint density at radius 3 is 2.73 bits per heavy atom. The minimum absolute atomic E-state index is 0.188. The molecule has 0 spiro atoms. The molecule has 0 radical (unpaired) electrons. The number of aromatic hydroxyl groups is 1. The van der Waals surface area contributed by atoms with Crippen molar-refractivity contribution in [2.45, 2.75) is 19.3 Å². The van der Waals surface area contributed by atoms with E-state index in [4.69, 9.17) is 4.98 Å². The van der Waals surface area contributed by atoms with Crippen LogP contribution in [0.3, 0.4) is 0 Å². The molecule has 130 valence electrons. The molecule has 0 amide bonds. The predicted molar refractivity (Wildman–Crippen MR) is 105 cm³/mol. The number of aromatic nitrogens is 1. The molecule has 0 unspecified atom stereocenters. The smallest absolute Gasteiger partial charge is 0.336 e. The van der Waals surface area contributed by atoms with E-state index >= 15 is 0 Å². The summed E-state index contributed by atoms with van der Waals surface area (Å²) in [5.74, 6) is -0.720. The summed E-state index contributed by atoms with van der Waals surface area (Å²) >= 11 is 3.33. The molecule has 5 heteroatoms. The molecule has 2 N–H and O–H groups in total. The van der Waals surface area contributed by atoms with Gasteiger partial charge in [-0.2, -0.15) is 0 Å². The Labute approximate surface area is 159 Å². The van der Waals surface area contributed by atoms with Gasteiger partial charge in [-0.1, -0.05) is 24.3 Å². The van der Waals surface area contributed by atoms with E-state index in [0.717, 1.165) is 35.2 Å². The Bertz CT molecular complexity index is 1070. The summed E-state index contributed by atoms with van der Waals surface area (Å²) in [6, 6.07) is 12.7. The third kappa shape index (κ3) is 2.88. The van der Waals surface area contributed by atoms with Crippen molar-refractivity contribution in [3.8, 4) is 5.75 Å². The zero-order valence-corrected chi connectivity index (χ0v) is 15.5. The highest BCUT2D eigenvalue weighted by Crippen LogP contribution is 2.36. The highest BCUT2D eigenvalue weighted by atomic mass is 79.9. The van der Waals surface area contributed by atoms with Gasteiger partial charge in [0.25, 0.3) is 0 Å². The lowest BCUT2D eigenvalue weighted by Crippen LogP contribution is -2.13. The van der Waals surface area contributed by atoms with E-state index in [9.17, 15) is 15.0 Å². The van der Waals surface area contributed by atoms with Crippen LogP contribution >= 0.6 is 15.9 Å². The van der Waals surface area contributed by atoms with Crippen LogP contribution < -0.4 is 0 Å². The van der Waals surface area contributed by atoms with E-state index in [1.54, 1.807) is 6.07 Å². The number of nitrogens with zero attached hydrogens (tertiary/aromatic N) is 1. The van der Waals surface area contributed by atoms with Gasteiger partial charge >= 0.3 is 5.97 Å². The summed E-state index contributed by atoms with van der Waals surface area (Å²) in [7, 11) is 0. The van der Waals surface area contributed by atoms with Crippen LogP contribution in [-0.4, -0.2) is 21.2 Å². The summed E-state index contributed by atoms with van der Waals surface area (Å²) in [4.78, 5) is 16.7. The molecule has 1 aromatic heterocycles. The van der Waals surface area contributed by atoms with Gasteiger partial charge < -0.3 is 10.2 Å². The number of rotatable bonds is 2. The fraction of sp³-hybridized carbons (Fsp3) is 0.143. The van der Waals surface area contributed by atoms with Crippen molar-refractivity contribution in [1.82, 2.24) is 4.98 Å². The first-order valence-corrected chi connectivity index (χ1v) is 9.18. The van der Waals surface area contributed by atoms with E-state index in [1.807, 2.05) is 42.5 Å². The van der Waals surface area contributed by atoms with Gasteiger partial charge in [0.05, 0.1) is 21.2 Å². The van der Waals surface area contributed by atoms with Crippen LogP contribution in [0.4, 0.5) is 0 Å². The Kier molecular flexibility index (Phi) is 4.24. The first-order chi connectivity index (χ1) is 12.5. The molecule has 1 aliphatic rings. The molecule has 1 aliphatic carbocycles. The number of hydrogen-bond donors (Lipinski definition) is 2. The first-order valence-electron chi connectivity index (χ1n) is 8.39. The highest BCUT2D eigenvalue weighted by Gasteiger charge is 2.24. The second-order valence-corrected chi connectivity index (χ2v) is 7.22. The van der Waals surface area contributed by atoms with Crippen LogP contribution in [0.25, 0.3) is 22.6 Å². The Balaban J connectivity index is 1.94. The molecule has 0 bridgehead atoms. The van der Waals surface area contributed by atoms with Crippen LogP contribution in [0.2, 0.25) is 0 Å². The van der Waals surface area contributed by atoms with Crippen LogP contribution in [0.5, 0.6) is 5.75 Å². The monoisotopic (exact) mass is 409 g/mol. The lowest BCUT2D eigenvalue weighted by atomic mass is 9.86. The molecule has 0 saturated heterocycles. The molecular weight excluding hydrogens is 394 g/mol. The number of carboxylic acids is 1. The number of carbonyl (C=O) groups is 1. The molecular formula is C21H16BrNO3. The van der Waals surface area contributed by atoms with Gasteiger partial charge in [-0.05, 0) is 76.2 Å². The maximum Gasteiger partial charge on any atom is 0.336 e. The molecule has 3 aromatic rings. The molecule has 4 nitrogen and oxygen atoms in total. The minimum Gasteiger partial charge on any atom is -0.507 e. The second-order valence-electron chi connectivity index (χ2n) is 6.37. The van der Waals surface area contributed by atoms with Gasteiger partial charge in [0, 0.05) is 5.39 Å². The van der Waals surface area contributed by atoms with Gasteiger partial charge in [-0.15, -0.1) is 0 Å². The van der Waals surface area contributed by atoms with Crippen molar-refractivity contribution in [2.24, 2.45) is 0 Å². The Morgan fingerprint density at radius 2 is 1.96 bits per heavy atom. The summed E-state index contributed by atoms with van der Waals surface area (Å²) in [6.07, 6.45) is 4.47. The number of benzene rings is 2. The lowest BCUT2D eigenvalue weighted by molar-refractivity contribution is 0.0697. The number of allylic oxidation sites excluding steroid dienone is 1. The Morgan fingerprint density at radius 1 is 1.15 bits per heavy atom. The Hall–Kier alpha value is -2.66. The van der Waals surface area contributed by atoms with E-state index in [2.05, 4.69) is 15.9 Å². The normalized spacial score (nSPS) is 15.2. The van der Waals surface area contributed by atoms with Crippen molar-refractivity contribution in [3.05, 3.63) is 69.3 Å². The molecule has 0 aliphatic heterocycles. The number of phenolic OH excluding ortho intramolecular Hbond substituents is 1. The van der Waals surface area contributed by atoms with Crippen LogP contribution in [0.1, 0.15) is 40.0 Å². The van der Waals surface area contributed by atoms with Gasteiger partial charge in [0.1, 0.15) is 5.75 Å². The van der Waals surface area contributed by atoms with Crippen molar-refractivity contribution in [3.63, 3.8) is 0 Å². The maximum absolute atomic E-state index is 12.0. The van der Waals surface area contributed by atoms with E-state index in [0.29, 0.717) is 27.4 Å². The van der Waals surface area contributed by atoms with Crippen LogP contribution in [0, 0.1) is 0 Å². The number of carboxylic acid groups (broad SMARTS) is 1. The van der Waals surface area contributed by atoms with Crippen molar-refractivity contribution in [1.29, 1.82) is 0 Å². The summed E-state index contributed by atoms with van der Waals surface area (Å²) < 4.78 is 0.626. The van der Waals surface area contributed by atoms with Gasteiger partial charge in [0.15, 0.2) is 0 Å². The van der Waals surface area contributed by atoms with E-state index in [1.165, 1.54) is 0 Å². The number of aromatic carboxylic acids is 1. The van der Waals surface area contributed by atoms with Gasteiger partial charge in [-0.25, -0.2) is 9.78 Å². The van der Waals surface area contributed by atoms with Crippen LogP contribution in [-0.2, 0) is 6.42 Å². The average Bonchev–Trinajstić information content (AvgIpc) is 2.63. The average molecular weight is 410 g/mol. The number of fused-ring (bicyclic) bond motifs is 2. The molecule has 1 heterocycles. The van der Waals surface area contributed by atoms with Crippen molar-refractivity contribution >= 4 is 44.5 Å². The zero-order chi connectivity index (χ0) is 18.3. The van der Waals surface area contributed by atoms with Gasteiger partial charge in [0.2, 0.25) is 0 Å². The maximum atomic E-state index is 12.0. The fourth-order valence-corrected chi connectivity index (χ4v) is 3.93. The number of para-hydroxylation sites is 1. The molecule has 2 aromatic carbocycles. The predicted octanol–water partition coefficient (Wildman–Crippen LogP) is 5.28. The van der Waals surface area contributed by atoms with E-state index in [-0.39, 0.29) is 5.75 Å². The molecule has 26 heavy (non-hydrogen) atoms. The quantitative estimate of drug-likeness (QED) is 0.603. The number of halogens is 1. The fourth-order valence-electron chi connectivity index (χ4n) is 3.53. The van der Waals surface area contributed by atoms with Crippen molar-refractivity contribution in [2.75, 3.05) is 0 Å². The summed E-state index contributed by atoms with van der Waals surface area (Å²) in [5, 5.41) is 20.2. The molecule has 4 rings (SSSR count). The lowest BCUT2D eigenvalue weighted by Gasteiger charge is -2.21. The number of pyridine rings is 1. The largest absolute Gasteiger partial charge is 0.507 e. The second kappa shape index (κ2) is 6.57. The molecule has 0 atom stereocenters. The molecule has 0 saturated carbocycles. The number of hydrogen-bond acceptors (Lipinski definition) is 3. The SMILES string of the molecule is O=C(O)c1c2c(nc3ccccc13)/C(=C/c1ccc(O)c(Br)c1)CCC2. The minimum atomic E-state index is -0.909. The van der Waals surface area contributed by atoms with Gasteiger partial charge in [-0.3, -0.25) is 0 Å². The number of phenols is 1. The van der Waals surface area contributed by atoms with Crippen LogP contribution in [0.15, 0.2) is 46.9 Å². The zero-order valence-electron chi connectivity index (χ0n) is 13.9.